The Morgan fingerprint density at radius 2 is 2.17 bits per heavy atom. The topological polar surface area (TPSA) is 64.6 Å². The molecule has 0 heterocycles. The molecule has 0 aliphatic rings. The van der Waals surface area contributed by atoms with Gasteiger partial charge < -0.3 is 9.94 Å². The smallest absolute Gasteiger partial charge is 0.295 e. The van der Waals surface area contributed by atoms with E-state index in [9.17, 15) is 5.21 Å². The number of hydrazine groups is 1. The maximum Gasteiger partial charge on any atom is 0.295 e. The quantitative estimate of drug-likeness (QED) is 0.120. The van der Waals surface area contributed by atoms with E-state index in [0.29, 0.717) is 16.3 Å². The number of allylic oxidation sites excluding steroid dienone is 1. The number of rotatable bonds is 2. The summed E-state index contributed by atoms with van der Waals surface area (Å²) in [4.78, 5) is 0. The minimum atomic E-state index is 0.342. The fourth-order valence-corrected chi connectivity index (χ4v) is 0.656. The Hall–Kier alpha value is -1.23. The Balaban J connectivity index is 4.69. The van der Waals surface area contributed by atoms with E-state index >= 15 is 0 Å². The van der Waals surface area contributed by atoms with Crippen molar-refractivity contribution in [1.82, 2.24) is 5.01 Å². The summed E-state index contributed by atoms with van der Waals surface area (Å²) >= 11 is 0. The molecule has 5 heteroatoms. The molecule has 5 nitrogen and oxygen atoms in total. The molecule has 0 radical (unpaired) electrons. The van der Waals surface area contributed by atoms with Gasteiger partial charge in [-0.3, -0.25) is 4.74 Å². The zero-order chi connectivity index (χ0) is 9.72. The van der Waals surface area contributed by atoms with E-state index in [2.05, 4.69) is 0 Å². The molecule has 0 amide bonds. The van der Waals surface area contributed by atoms with Gasteiger partial charge in [-0.05, 0) is 6.92 Å². The van der Waals surface area contributed by atoms with E-state index in [1.807, 2.05) is 0 Å². The van der Waals surface area contributed by atoms with Gasteiger partial charge in [0.15, 0.2) is 0 Å². The summed E-state index contributed by atoms with van der Waals surface area (Å²) in [5.74, 6) is 6.37. The van der Waals surface area contributed by atoms with Crippen molar-refractivity contribution in [3.63, 3.8) is 0 Å². The highest BCUT2D eigenvalue weighted by atomic mass is 16.5. The minimum Gasteiger partial charge on any atom is -0.715 e. The van der Waals surface area contributed by atoms with Gasteiger partial charge in [0.2, 0.25) is 0 Å². The first kappa shape index (κ1) is 10.8. The molecule has 0 aliphatic carbocycles. The molecule has 0 fully saturated rings. The largest absolute Gasteiger partial charge is 0.715 e. The Labute approximate surface area is 72.3 Å². The van der Waals surface area contributed by atoms with E-state index in [4.69, 9.17) is 10.6 Å². The molecule has 0 saturated carbocycles. The third-order valence-corrected chi connectivity index (χ3v) is 1.34. The van der Waals surface area contributed by atoms with Crippen molar-refractivity contribution in [2.75, 3.05) is 21.2 Å². The lowest BCUT2D eigenvalue weighted by Gasteiger charge is -2.11. The molecule has 0 bridgehead atoms. The third kappa shape index (κ3) is 3.25. The highest BCUT2D eigenvalue weighted by Gasteiger charge is 2.07. The zero-order valence-electron chi connectivity index (χ0n) is 7.87. The number of amidine groups is 1. The Morgan fingerprint density at radius 1 is 1.67 bits per heavy atom. The van der Waals surface area contributed by atoms with Gasteiger partial charge in [0.25, 0.3) is 5.84 Å². The zero-order valence-corrected chi connectivity index (χ0v) is 7.87. The van der Waals surface area contributed by atoms with Crippen LogP contribution >= 0.6 is 0 Å². The molecule has 0 aliphatic heterocycles. The van der Waals surface area contributed by atoms with Gasteiger partial charge in [0.1, 0.15) is 5.76 Å². The van der Waals surface area contributed by atoms with E-state index in [1.54, 1.807) is 20.0 Å². The summed E-state index contributed by atoms with van der Waals surface area (Å²) in [6.07, 6.45) is 1.56. The van der Waals surface area contributed by atoms with Crippen LogP contribution in [0.2, 0.25) is 0 Å². The number of ether oxygens (including phenoxy) is 1. The highest BCUT2D eigenvalue weighted by molar-refractivity contribution is 5.88. The van der Waals surface area contributed by atoms with E-state index in [0.717, 1.165) is 0 Å². The summed E-state index contributed by atoms with van der Waals surface area (Å²) in [5, 5.41) is 12.1. The van der Waals surface area contributed by atoms with Crippen molar-refractivity contribution in [1.29, 1.82) is 0 Å². The predicted molar refractivity (Wildman–Crippen MR) is 47.3 cm³/mol. The first-order chi connectivity index (χ1) is 5.49. The molecule has 0 aromatic rings. The minimum absolute atomic E-state index is 0.342. The molecule has 2 N–H and O–H groups in total. The standard InChI is InChI=1S/C7H15N3O2/c1-6(12-4)5-7(9(2)8)10(3)11/h5H,8H2,1-4H3/b6-5+,10-7?. The van der Waals surface area contributed by atoms with Crippen LogP contribution in [0.1, 0.15) is 6.92 Å². The summed E-state index contributed by atoms with van der Waals surface area (Å²) in [7, 11) is 4.49. The molecular formula is C7H15N3O2. The first-order valence-electron chi connectivity index (χ1n) is 3.47. The van der Waals surface area contributed by atoms with E-state index < -0.39 is 0 Å². The molecule has 0 aromatic carbocycles. The fraction of sp³-hybridized carbons (Fsp3) is 0.571. The lowest BCUT2D eigenvalue weighted by atomic mass is 10.4. The summed E-state index contributed by atoms with van der Waals surface area (Å²) in [5.41, 5.74) is 0. The van der Waals surface area contributed by atoms with Crippen molar-refractivity contribution >= 4 is 5.84 Å². The first-order valence-corrected chi connectivity index (χ1v) is 3.47. The van der Waals surface area contributed by atoms with Gasteiger partial charge in [-0.25, -0.2) is 0 Å². The summed E-state index contributed by atoms with van der Waals surface area (Å²) in [6.45, 7) is 1.74. The van der Waals surface area contributed by atoms with Crippen molar-refractivity contribution in [3.05, 3.63) is 17.0 Å². The average molecular weight is 173 g/mol. The second kappa shape index (κ2) is 4.61. The molecule has 0 aromatic heterocycles. The number of nitrogens with two attached hydrogens (primary N) is 1. The Bertz CT molecular complexity index is 205. The lowest BCUT2D eigenvalue weighted by Crippen LogP contribution is -2.36. The SMILES string of the molecule is CO/C(C)=C/C(N(C)N)=[N+](C)[O-]. The van der Waals surface area contributed by atoms with Crippen LogP contribution in [-0.2, 0) is 4.74 Å². The van der Waals surface area contributed by atoms with Crippen molar-refractivity contribution in [2.24, 2.45) is 5.84 Å². The van der Waals surface area contributed by atoms with Crippen LogP contribution in [0.15, 0.2) is 11.8 Å². The maximum absolute atomic E-state index is 10.9. The molecule has 0 unspecified atom stereocenters. The molecular weight excluding hydrogens is 158 g/mol. The second-order valence-corrected chi connectivity index (χ2v) is 2.43. The Kier molecular flexibility index (Phi) is 4.14. The average Bonchev–Trinajstić information content (AvgIpc) is 1.98. The second-order valence-electron chi connectivity index (χ2n) is 2.43. The fourth-order valence-electron chi connectivity index (χ4n) is 0.656. The maximum atomic E-state index is 10.9. The van der Waals surface area contributed by atoms with Crippen LogP contribution < -0.4 is 5.84 Å². The number of hydrogen-bond donors (Lipinski definition) is 1. The molecule has 0 atom stereocenters. The number of methoxy groups -OCH3 is 1. The van der Waals surface area contributed by atoms with Crippen LogP contribution in [-0.4, -0.2) is 36.8 Å². The van der Waals surface area contributed by atoms with Gasteiger partial charge in [-0.2, -0.15) is 10.9 Å². The molecule has 0 saturated heterocycles. The van der Waals surface area contributed by atoms with Crippen LogP contribution in [0.5, 0.6) is 0 Å². The van der Waals surface area contributed by atoms with Gasteiger partial charge in [0, 0.05) is 0 Å². The van der Waals surface area contributed by atoms with Crippen LogP contribution in [0.3, 0.4) is 0 Å². The molecule has 0 spiro atoms. The lowest BCUT2D eigenvalue weighted by molar-refractivity contribution is -0.427. The van der Waals surface area contributed by atoms with Crippen molar-refractivity contribution < 1.29 is 9.48 Å². The van der Waals surface area contributed by atoms with E-state index in [-0.39, 0.29) is 0 Å². The molecule has 0 rings (SSSR count). The van der Waals surface area contributed by atoms with E-state index in [1.165, 1.54) is 19.2 Å². The van der Waals surface area contributed by atoms with Gasteiger partial charge in [-0.1, -0.05) is 0 Å². The Morgan fingerprint density at radius 3 is 2.42 bits per heavy atom. The summed E-state index contributed by atoms with van der Waals surface area (Å²) in [6, 6.07) is 0. The van der Waals surface area contributed by atoms with Crippen LogP contribution in [0.4, 0.5) is 0 Å². The predicted octanol–water partition coefficient (Wildman–Crippen LogP) is -0.119. The van der Waals surface area contributed by atoms with Crippen LogP contribution in [0, 0.1) is 5.21 Å². The van der Waals surface area contributed by atoms with Crippen LogP contribution in [0.25, 0.3) is 0 Å². The normalized spacial score (nSPS) is 13.9. The monoisotopic (exact) mass is 173 g/mol. The highest BCUT2D eigenvalue weighted by Crippen LogP contribution is 1.94. The molecule has 70 valence electrons. The van der Waals surface area contributed by atoms with Crippen molar-refractivity contribution in [3.8, 4) is 0 Å². The van der Waals surface area contributed by atoms with Gasteiger partial charge >= 0.3 is 0 Å². The summed E-state index contributed by atoms with van der Waals surface area (Å²) < 4.78 is 5.54. The number of nitrogens with zero attached hydrogens (tertiary/aromatic N) is 2. The third-order valence-electron chi connectivity index (χ3n) is 1.34. The van der Waals surface area contributed by atoms with Gasteiger partial charge in [-0.15, -0.1) is 0 Å². The number of hydrogen-bond acceptors (Lipinski definition) is 3. The van der Waals surface area contributed by atoms with Gasteiger partial charge in [0.05, 0.1) is 27.3 Å². The molecule has 12 heavy (non-hydrogen) atoms. The number of hydroxylamine groups is 1. The van der Waals surface area contributed by atoms with Crippen molar-refractivity contribution in [2.45, 2.75) is 6.92 Å². The number of likely N-dealkylation sites (N-methyl/N-ethyl adjacent to an activating group) is 1.